The number of rotatable bonds is 3. The molecule has 1 aliphatic carbocycles. The third-order valence-electron chi connectivity index (χ3n) is 4.53. The summed E-state index contributed by atoms with van der Waals surface area (Å²) >= 11 is 0. The summed E-state index contributed by atoms with van der Waals surface area (Å²) in [4.78, 5) is 12.5. The van der Waals surface area contributed by atoms with Gasteiger partial charge in [-0.1, -0.05) is 30.3 Å². The maximum absolute atomic E-state index is 12.5. The number of aromatic amines is 1. The van der Waals surface area contributed by atoms with Crippen LogP contribution in [-0.2, 0) is 4.74 Å². The lowest BCUT2D eigenvalue weighted by molar-refractivity contribution is 0.00811. The number of aromatic nitrogens is 2. The fraction of sp³-hybridized carbons (Fsp3) is 0.375. The van der Waals surface area contributed by atoms with Crippen molar-refractivity contribution in [2.24, 2.45) is 5.92 Å². The Kier molecular flexibility index (Phi) is 3.00. The zero-order valence-corrected chi connectivity index (χ0v) is 11.6. The molecule has 4 rings (SSSR count). The number of hydrogen-bond acceptors (Lipinski definition) is 3. The van der Waals surface area contributed by atoms with Gasteiger partial charge in [-0.25, -0.2) is 0 Å². The van der Waals surface area contributed by atoms with Gasteiger partial charge < -0.3 is 10.1 Å². The molecule has 1 aromatic heterocycles. The number of fused-ring (bicyclic) bond motifs is 1. The van der Waals surface area contributed by atoms with Gasteiger partial charge >= 0.3 is 0 Å². The summed E-state index contributed by atoms with van der Waals surface area (Å²) in [6.45, 7) is 0.822. The van der Waals surface area contributed by atoms with E-state index < -0.39 is 0 Å². The van der Waals surface area contributed by atoms with E-state index in [1.54, 1.807) is 6.20 Å². The van der Waals surface area contributed by atoms with E-state index in [2.05, 4.69) is 15.5 Å². The van der Waals surface area contributed by atoms with Crippen LogP contribution in [0.5, 0.6) is 0 Å². The van der Waals surface area contributed by atoms with E-state index in [-0.39, 0.29) is 11.9 Å². The minimum Gasteiger partial charge on any atom is -0.378 e. The van der Waals surface area contributed by atoms with Gasteiger partial charge in [-0.3, -0.25) is 9.89 Å². The lowest BCUT2D eigenvalue weighted by Crippen LogP contribution is -2.53. The van der Waals surface area contributed by atoms with Gasteiger partial charge in [-0.05, 0) is 12.8 Å². The molecule has 2 heterocycles. The Bertz CT molecular complexity index is 653. The molecule has 1 aliphatic heterocycles. The second-order valence-electron chi connectivity index (χ2n) is 5.70. The number of amides is 1. The molecule has 0 bridgehead atoms. The number of nitrogens with zero attached hydrogens (tertiary/aromatic N) is 1. The molecule has 0 unspecified atom stereocenters. The van der Waals surface area contributed by atoms with E-state index in [0.29, 0.717) is 17.6 Å². The Morgan fingerprint density at radius 1 is 1.33 bits per heavy atom. The van der Waals surface area contributed by atoms with Crippen molar-refractivity contribution in [2.45, 2.75) is 25.0 Å². The third-order valence-corrected chi connectivity index (χ3v) is 4.53. The molecule has 1 aromatic carbocycles. The Balaban J connectivity index is 1.52. The number of hydrogen-bond donors (Lipinski definition) is 2. The summed E-state index contributed by atoms with van der Waals surface area (Å²) in [6, 6.07) is 10.0. The Morgan fingerprint density at radius 3 is 3.00 bits per heavy atom. The van der Waals surface area contributed by atoms with Gasteiger partial charge in [0.15, 0.2) is 0 Å². The molecule has 21 heavy (non-hydrogen) atoms. The van der Waals surface area contributed by atoms with E-state index in [1.165, 1.54) is 0 Å². The van der Waals surface area contributed by atoms with Crippen molar-refractivity contribution in [3.8, 4) is 11.3 Å². The maximum Gasteiger partial charge on any atom is 0.255 e. The predicted molar refractivity (Wildman–Crippen MR) is 77.7 cm³/mol. The highest BCUT2D eigenvalue weighted by Crippen LogP contribution is 2.38. The number of carbonyl (C=O) groups is 1. The molecule has 2 aromatic rings. The number of ether oxygens (including phenoxy) is 1. The first-order valence-electron chi connectivity index (χ1n) is 7.34. The summed E-state index contributed by atoms with van der Waals surface area (Å²) in [5, 5.41) is 10.1. The van der Waals surface area contributed by atoms with E-state index >= 15 is 0 Å². The molecule has 1 saturated heterocycles. The Labute approximate surface area is 122 Å². The van der Waals surface area contributed by atoms with Crippen molar-refractivity contribution in [3.63, 3.8) is 0 Å². The second kappa shape index (κ2) is 5.00. The molecule has 108 valence electrons. The van der Waals surface area contributed by atoms with Crippen molar-refractivity contribution < 1.29 is 9.53 Å². The molecule has 0 spiro atoms. The van der Waals surface area contributed by atoms with Crippen molar-refractivity contribution >= 4 is 5.91 Å². The van der Waals surface area contributed by atoms with Crippen LogP contribution >= 0.6 is 0 Å². The van der Waals surface area contributed by atoms with E-state index in [1.807, 2.05) is 30.3 Å². The predicted octanol–water partition coefficient (Wildman–Crippen LogP) is 1.98. The van der Waals surface area contributed by atoms with Gasteiger partial charge in [-0.15, -0.1) is 0 Å². The first-order chi connectivity index (χ1) is 10.3. The van der Waals surface area contributed by atoms with Crippen LogP contribution < -0.4 is 5.32 Å². The van der Waals surface area contributed by atoms with E-state index in [0.717, 1.165) is 30.7 Å². The third kappa shape index (κ3) is 2.14. The molecule has 5 heteroatoms. The minimum absolute atomic E-state index is 0.0575. The molecule has 3 atom stereocenters. The number of H-pyrrole nitrogens is 1. The summed E-state index contributed by atoms with van der Waals surface area (Å²) < 4.78 is 5.58. The normalized spacial score (nSPS) is 27.0. The van der Waals surface area contributed by atoms with Gasteiger partial charge in [0.1, 0.15) is 0 Å². The molecule has 5 nitrogen and oxygen atoms in total. The van der Waals surface area contributed by atoms with Crippen LogP contribution in [0.4, 0.5) is 0 Å². The first kappa shape index (κ1) is 12.6. The maximum atomic E-state index is 12.5. The first-order valence-corrected chi connectivity index (χ1v) is 7.34. The molecule has 0 radical (unpaired) electrons. The number of carbonyl (C=O) groups excluding carboxylic acids is 1. The fourth-order valence-electron chi connectivity index (χ4n) is 3.29. The molecule has 2 aliphatic rings. The highest BCUT2D eigenvalue weighted by molar-refractivity contribution is 5.99. The van der Waals surface area contributed by atoms with Gasteiger partial charge in [0.2, 0.25) is 0 Å². The van der Waals surface area contributed by atoms with E-state index in [4.69, 9.17) is 4.74 Å². The van der Waals surface area contributed by atoms with Gasteiger partial charge in [0.05, 0.1) is 23.6 Å². The standard InChI is InChI=1S/C16H17N3O2/c20-16(18-13-8-14-11(13)6-7-21-14)12-9-17-19-15(12)10-4-2-1-3-5-10/h1-5,9,11,13-14H,6-8H2,(H,17,19)(H,18,20)/t11-,13+,14+/m0/s1. The molecule has 2 fully saturated rings. The van der Waals surface area contributed by atoms with Crippen LogP contribution in [0.1, 0.15) is 23.2 Å². The topological polar surface area (TPSA) is 67.0 Å². The van der Waals surface area contributed by atoms with Gasteiger partial charge in [-0.2, -0.15) is 5.10 Å². The smallest absolute Gasteiger partial charge is 0.255 e. The highest BCUT2D eigenvalue weighted by atomic mass is 16.5. The summed E-state index contributed by atoms with van der Waals surface area (Å²) in [6.07, 6.45) is 3.92. The minimum atomic E-state index is -0.0575. The quantitative estimate of drug-likeness (QED) is 0.905. The van der Waals surface area contributed by atoms with Crippen molar-refractivity contribution in [1.82, 2.24) is 15.5 Å². The lowest BCUT2D eigenvalue weighted by Gasteiger charge is -2.39. The van der Waals surface area contributed by atoms with Gasteiger partial charge in [0, 0.05) is 24.1 Å². The highest BCUT2D eigenvalue weighted by Gasteiger charge is 2.45. The average molecular weight is 283 g/mol. The second-order valence-corrected chi connectivity index (χ2v) is 5.70. The molecule has 1 saturated carbocycles. The molecular formula is C16H17N3O2. The zero-order valence-electron chi connectivity index (χ0n) is 11.6. The number of benzene rings is 1. The zero-order chi connectivity index (χ0) is 14.2. The van der Waals surface area contributed by atoms with Crippen LogP contribution in [0.2, 0.25) is 0 Å². The van der Waals surface area contributed by atoms with Gasteiger partial charge in [0.25, 0.3) is 5.91 Å². The Morgan fingerprint density at radius 2 is 2.19 bits per heavy atom. The summed E-state index contributed by atoms with van der Waals surface area (Å²) in [5.41, 5.74) is 2.34. The van der Waals surface area contributed by atoms with E-state index in [9.17, 15) is 4.79 Å². The molecule has 1 amide bonds. The van der Waals surface area contributed by atoms with Crippen LogP contribution in [0.25, 0.3) is 11.3 Å². The summed E-state index contributed by atoms with van der Waals surface area (Å²) in [7, 11) is 0. The fourth-order valence-corrected chi connectivity index (χ4v) is 3.29. The lowest BCUT2D eigenvalue weighted by atomic mass is 9.76. The molecular weight excluding hydrogens is 266 g/mol. The van der Waals surface area contributed by atoms with Crippen LogP contribution in [0.3, 0.4) is 0 Å². The van der Waals surface area contributed by atoms with Crippen LogP contribution in [0, 0.1) is 5.92 Å². The SMILES string of the molecule is O=C(N[C@@H]1C[C@H]2OCC[C@@H]12)c1cn[nH]c1-c1ccccc1. The van der Waals surface area contributed by atoms with Crippen LogP contribution in [-0.4, -0.2) is 34.9 Å². The molecule has 2 N–H and O–H groups in total. The van der Waals surface area contributed by atoms with Crippen molar-refractivity contribution in [1.29, 1.82) is 0 Å². The van der Waals surface area contributed by atoms with Crippen LogP contribution in [0.15, 0.2) is 36.5 Å². The van der Waals surface area contributed by atoms with Crippen molar-refractivity contribution in [3.05, 3.63) is 42.1 Å². The Hall–Kier alpha value is -2.14. The monoisotopic (exact) mass is 283 g/mol. The average Bonchev–Trinajstić information content (AvgIpc) is 3.12. The summed E-state index contributed by atoms with van der Waals surface area (Å²) in [5.74, 6) is 0.430. The largest absolute Gasteiger partial charge is 0.378 e. The number of nitrogens with one attached hydrogen (secondary N) is 2. The van der Waals surface area contributed by atoms with Crippen molar-refractivity contribution in [2.75, 3.05) is 6.61 Å².